The molecule has 0 fully saturated rings. The number of benzene rings is 1. The van der Waals surface area contributed by atoms with Crippen molar-refractivity contribution in [2.75, 3.05) is 19.8 Å². The normalized spacial score (nSPS) is 13.2. The molecule has 0 saturated heterocycles. The van der Waals surface area contributed by atoms with E-state index in [2.05, 4.69) is 11.1 Å². The molecule has 104 valence electrons. The molecule has 0 spiro atoms. The average molecular weight is 288 g/mol. The lowest BCUT2D eigenvalue weighted by Crippen LogP contribution is -2.15. The van der Waals surface area contributed by atoms with Gasteiger partial charge in [0.2, 0.25) is 0 Å². The van der Waals surface area contributed by atoms with Crippen molar-refractivity contribution < 1.29 is 9.47 Å². The zero-order chi connectivity index (χ0) is 13.8. The maximum Gasteiger partial charge on any atom is 0.162 e. The van der Waals surface area contributed by atoms with Gasteiger partial charge in [0.25, 0.3) is 0 Å². The second-order valence-corrected chi connectivity index (χ2v) is 5.54. The first-order valence-corrected chi connectivity index (χ1v) is 7.39. The van der Waals surface area contributed by atoms with Crippen molar-refractivity contribution in [2.24, 2.45) is 5.73 Å². The highest BCUT2D eigenvalue weighted by molar-refractivity contribution is 7.99. The summed E-state index contributed by atoms with van der Waals surface area (Å²) >= 11 is 1.61. The molecule has 5 heteroatoms. The molecule has 0 amide bonds. The van der Waals surface area contributed by atoms with Crippen molar-refractivity contribution in [2.45, 2.75) is 16.3 Å². The van der Waals surface area contributed by atoms with Crippen LogP contribution in [0.2, 0.25) is 0 Å². The number of rotatable bonds is 4. The summed E-state index contributed by atoms with van der Waals surface area (Å²) in [4.78, 5) is 5.53. The molecule has 1 aliphatic heterocycles. The van der Waals surface area contributed by atoms with Gasteiger partial charge in [0.1, 0.15) is 18.2 Å². The Bertz CT molecular complexity index is 587. The zero-order valence-corrected chi connectivity index (χ0v) is 11.9. The van der Waals surface area contributed by atoms with Crippen LogP contribution in [0.25, 0.3) is 0 Å². The monoisotopic (exact) mass is 288 g/mol. The highest BCUT2D eigenvalue weighted by Crippen LogP contribution is 2.36. The van der Waals surface area contributed by atoms with Crippen LogP contribution in [0.5, 0.6) is 11.5 Å². The quantitative estimate of drug-likeness (QED) is 0.936. The van der Waals surface area contributed by atoms with Gasteiger partial charge in [-0.25, -0.2) is 4.98 Å². The average Bonchev–Trinajstić information content (AvgIpc) is 2.49. The number of aromatic nitrogens is 1. The Kier molecular flexibility index (Phi) is 4.08. The van der Waals surface area contributed by atoms with Crippen molar-refractivity contribution in [1.82, 2.24) is 4.98 Å². The highest BCUT2D eigenvalue weighted by Gasteiger charge is 2.12. The van der Waals surface area contributed by atoms with Crippen LogP contribution in [0.3, 0.4) is 0 Å². The van der Waals surface area contributed by atoms with Gasteiger partial charge >= 0.3 is 0 Å². The minimum absolute atomic E-state index is 0.604. The van der Waals surface area contributed by atoms with Crippen LogP contribution in [-0.4, -0.2) is 24.7 Å². The summed E-state index contributed by atoms with van der Waals surface area (Å²) in [5, 5.41) is 0.961. The summed E-state index contributed by atoms with van der Waals surface area (Å²) in [7, 11) is 0. The Hall–Kier alpha value is -1.72. The second kappa shape index (κ2) is 6.15. The fraction of sp³-hybridized carbons (Fsp3) is 0.267. The van der Waals surface area contributed by atoms with Crippen molar-refractivity contribution in [3.05, 3.63) is 42.1 Å². The molecule has 20 heavy (non-hydrogen) atoms. The molecule has 0 saturated carbocycles. The molecule has 2 aromatic rings. The first-order chi connectivity index (χ1) is 9.85. The van der Waals surface area contributed by atoms with Gasteiger partial charge in [-0.05, 0) is 42.8 Å². The largest absolute Gasteiger partial charge is 0.486 e. The summed E-state index contributed by atoms with van der Waals surface area (Å²) in [5.41, 5.74) is 6.69. The topological polar surface area (TPSA) is 57.4 Å². The lowest BCUT2D eigenvalue weighted by atomic mass is 10.2. The fourth-order valence-electron chi connectivity index (χ4n) is 1.99. The van der Waals surface area contributed by atoms with Crippen molar-refractivity contribution in [3.63, 3.8) is 0 Å². The van der Waals surface area contributed by atoms with Crippen LogP contribution in [0.4, 0.5) is 0 Å². The van der Waals surface area contributed by atoms with Gasteiger partial charge in [0, 0.05) is 11.1 Å². The van der Waals surface area contributed by atoms with E-state index in [0.717, 1.165) is 27.8 Å². The molecule has 0 bridgehead atoms. The predicted molar refractivity (Wildman–Crippen MR) is 78.6 cm³/mol. The SMILES string of the molecule is NCCc1ccc(Sc2ccc3c(c2)OCCO3)nc1. The molecule has 0 unspecified atom stereocenters. The maximum absolute atomic E-state index is 5.58. The van der Waals surface area contributed by atoms with E-state index in [4.69, 9.17) is 15.2 Å². The number of nitrogens with zero attached hydrogens (tertiary/aromatic N) is 1. The minimum atomic E-state index is 0.604. The Labute approximate surface area is 122 Å². The zero-order valence-electron chi connectivity index (χ0n) is 11.0. The Morgan fingerprint density at radius 2 is 1.95 bits per heavy atom. The molecule has 0 atom stereocenters. The summed E-state index contributed by atoms with van der Waals surface area (Å²) in [6.45, 7) is 1.87. The Balaban J connectivity index is 1.73. The van der Waals surface area contributed by atoms with Crippen molar-refractivity contribution >= 4 is 11.8 Å². The number of fused-ring (bicyclic) bond motifs is 1. The molecule has 0 radical (unpaired) electrons. The van der Waals surface area contributed by atoms with E-state index < -0.39 is 0 Å². The molecule has 4 nitrogen and oxygen atoms in total. The van der Waals surface area contributed by atoms with Gasteiger partial charge in [-0.1, -0.05) is 17.8 Å². The molecule has 0 aliphatic carbocycles. The number of pyridine rings is 1. The van der Waals surface area contributed by atoms with Gasteiger partial charge in [0.05, 0.1) is 0 Å². The lowest BCUT2D eigenvalue weighted by Gasteiger charge is -2.18. The third-order valence-corrected chi connectivity index (χ3v) is 3.91. The van der Waals surface area contributed by atoms with Gasteiger partial charge in [-0.15, -0.1) is 0 Å². The molecule has 1 aliphatic rings. The maximum atomic E-state index is 5.58. The van der Waals surface area contributed by atoms with E-state index in [1.165, 1.54) is 5.56 Å². The van der Waals surface area contributed by atoms with Gasteiger partial charge in [-0.2, -0.15) is 0 Å². The van der Waals surface area contributed by atoms with Gasteiger partial charge in [-0.3, -0.25) is 0 Å². The van der Waals surface area contributed by atoms with E-state index in [0.29, 0.717) is 19.8 Å². The third kappa shape index (κ3) is 3.05. The van der Waals surface area contributed by atoms with E-state index in [-0.39, 0.29) is 0 Å². The van der Waals surface area contributed by atoms with Crippen molar-refractivity contribution in [3.8, 4) is 11.5 Å². The first-order valence-electron chi connectivity index (χ1n) is 6.57. The summed E-state index contributed by atoms with van der Waals surface area (Å²) < 4.78 is 11.1. The van der Waals surface area contributed by atoms with E-state index in [1.807, 2.05) is 30.5 Å². The van der Waals surface area contributed by atoms with Crippen LogP contribution < -0.4 is 15.2 Å². The smallest absolute Gasteiger partial charge is 0.162 e. The first kappa shape index (κ1) is 13.3. The van der Waals surface area contributed by atoms with Crippen LogP contribution in [0.15, 0.2) is 46.5 Å². The molecule has 1 aromatic heterocycles. The van der Waals surface area contributed by atoms with Crippen LogP contribution in [0.1, 0.15) is 5.56 Å². The van der Waals surface area contributed by atoms with E-state index >= 15 is 0 Å². The second-order valence-electron chi connectivity index (χ2n) is 4.45. The standard InChI is InChI=1S/C15H16N2O2S/c16-6-5-11-1-4-15(17-10-11)20-12-2-3-13-14(9-12)19-8-7-18-13/h1-4,9-10H,5-8,16H2. The predicted octanol–water partition coefficient (Wildman–Crippen LogP) is 2.51. The molecule has 2 N–H and O–H groups in total. The number of nitrogens with two attached hydrogens (primary N) is 1. The summed E-state index contributed by atoms with van der Waals surface area (Å²) in [5.74, 6) is 1.62. The van der Waals surface area contributed by atoms with Crippen LogP contribution in [-0.2, 0) is 6.42 Å². The molecule has 3 rings (SSSR count). The molecule has 1 aromatic carbocycles. The highest BCUT2D eigenvalue weighted by atomic mass is 32.2. The number of hydrogen-bond acceptors (Lipinski definition) is 5. The van der Waals surface area contributed by atoms with Gasteiger partial charge < -0.3 is 15.2 Å². The molecule has 2 heterocycles. The Morgan fingerprint density at radius 1 is 1.10 bits per heavy atom. The van der Waals surface area contributed by atoms with E-state index in [1.54, 1.807) is 11.8 Å². The van der Waals surface area contributed by atoms with Crippen LogP contribution in [0, 0.1) is 0 Å². The minimum Gasteiger partial charge on any atom is -0.486 e. The Morgan fingerprint density at radius 3 is 2.70 bits per heavy atom. The van der Waals surface area contributed by atoms with E-state index in [9.17, 15) is 0 Å². The fourth-order valence-corrected chi connectivity index (χ4v) is 2.78. The molecular weight excluding hydrogens is 272 g/mol. The number of ether oxygens (including phenoxy) is 2. The third-order valence-electron chi connectivity index (χ3n) is 2.97. The summed E-state index contributed by atoms with van der Waals surface area (Å²) in [6, 6.07) is 10.1. The van der Waals surface area contributed by atoms with Crippen LogP contribution >= 0.6 is 11.8 Å². The number of hydrogen-bond donors (Lipinski definition) is 1. The summed E-state index contributed by atoms with van der Waals surface area (Å²) in [6.07, 6.45) is 2.75. The molecular formula is C15H16N2O2S. The lowest BCUT2D eigenvalue weighted by molar-refractivity contribution is 0.171. The van der Waals surface area contributed by atoms with Crippen molar-refractivity contribution in [1.29, 1.82) is 0 Å². The van der Waals surface area contributed by atoms with Gasteiger partial charge in [0.15, 0.2) is 11.5 Å².